The summed E-state index contributed by atoms with van der Waals surface area (Å²) in [5.74, 6) is 1.52. The van der Waals surface area contributed by atoms with Crippen LogP contribution in [0.1, 0.15) is 37.7 Å². The van der Waals surface area contributed by atoms with Gasteiger partial charge in [-0.2, -0.15) is 0 Å². The Kier molecular flexibility index (Phi) is 6.09. The Morgan fingerprint density at radius 1 is 1.06 bits per heavy atom. The van der Waals surface area contributed by atoms with Crippen LogP contribution in [0.25, 0.3) is 10.9 Å². The number of ketones is 1. The highest BCUT2D eigenvalue weighted by atomic mass is 35.5. The van der Waals surface area contributed by atoms with Crippen molar-refractivity contribution in [3.63, 3.8) is 0 Å². The van der Waals surface area contributed by atoms with Gasteiger partial charge in [0.15, 0.2) is 12.6 Å². The van der Waals surface area contributed by atoms with Gasteiger partial charge in [-0.15, -0.1) is 0 Å². The first-order valence-electron chi connectivity index (χ1n) is 9.70. The van der Waals surface area contributed by atoms with Crippen LogP contribution in [0, 0.1) is 6.92 Å². The smallest absolute Gasteiger partial charge is 0.150 e. The van der Waals surface area contributed by atoms with Gasteiger partial charge in [0.05, 0.1) is 17.6 Å². The number of ether oxygens (including phenoxy) is 1. The topological polar surface area (TPSA) is 99.4 Å². The average molecular weight is 449 g/mol. The van der Waals surface area contributed by atoms with Gasteiger partial charge in [-0.1, -0.05) is 22.8 Å². The normalized spacial score (nSPS) is 10.8. The summed E-state index contributed by atoms with van der Waals surface area (Å²) in [6.07, 6.45) is 3.09. The molecule has 0 amide bonds. The van der Waals surface area contributed by atoms with Crippen molar-refractivity contribution in [1.29, 1.82) is 0 Å². The summed E-state index contributed by atoms with van der Waals surface area (Å²) in [5, 5.41) is 4.81. The fourth-order valence-electron chi connectivity index (χ4n) is 3.33. The van der Waals surface area contributed by atoms with Crippen molar-refractivity contribution in [3.05, 3.63) is 81.8 Å². The van der Waals surface area contributed by atoms with Gasteiger partial charge in [-0.05, 0) is 42.8 Å². The number of fused-ring (bicyclic) bond motifs is 1. The molecule has 4 aromatic rings. The van der Waals surface area contributed by atoms with Crippen LogP contribution in [0.5, 0.6) is 11.5 Å². The Bertz CT molecular complexity index is 1350. The molecule has 0 atom stereocenters. The Morgan fingerprint density at radius 3 is 2.53 bits per heavy atom. The van der Waals surface area contributed by atoms with Crippen LogP contribution in [0.15, 0.2) is 53.2 Å². The summed E-state index contributed by atoms with van der Waals surface area (Å²) >= 11 is 6.39. The zero-order chi connectivity index (χ0) is 22.7. The first-order valence-corrected chi connectivity index (χ1v) is 10.1. The predicted molar refractivity (Wildman–Crippen MR) is 118 cm³/mol. The molecule has 0 saturated heterocycles. The number of aromatic nitrogens is 2. The standard InChI is InChI=1S/C24H17ClN2O5/c1-14-6-18(27-32-14)10-19(30)7-15-2-3-20(11-22(15)25)31-24-4-5-26-23-9-17(13-29)16(12-28)8-21(23)24/h2-6,8-9,11-13H,7,10H2,1H3. The van der Waals surface area contributed by atoms with Crippen molar-refractivity contribution in [3.8, 4) is 11.5 Å². The van der Waals surface area contributed by atoms with Gasteiger partial charge in [0, 0.05) is 40.2 Å². The Balaban J connectivity index is 1.54. The first kappa shape index (κ1) is 21.4. The molecule has 0 aliphatic carbocycles. The largest absolute Gasteiger partial charge is 0.457 e. The second-order valence-electron chi connectivity index (χ2n) is 7.22. The highest BCUT2D eigenvalue weighted by molar-refractivity contribution is 6.31. The van der Waals surface area contributed by atoms with Gasteiger partial charge >= 0.3 is 0 Å². The van der Waals surface area contributed by atoms with Gasteiger partial charge in [0.25, 0.3) is 0 Å². The zero-order valence-electron chi connectivity index (χ0n) is 17.0. The monoisotopic (exact) mass is 448 g/mol. The van der Waals surface area contributed by atoms with Gasteiger partial charge in [-0.3, -0.25) is 19.4 Å². The number of hydrogen-bond donors (Lipinski definition) is 0. The lowest BCUT2D eigenvalue weighted by atomic mass is 10.0. The maximum atomic E-state index is 12.3. The molecule has 7 nitrogen and oxygen atoms in total. The second-order valence-corrected chi connectivity index (χ2v) is 7.63. The minimum absolute atomic E-state index is 0.0404. The van der Waals surface area contributed by atoms with E-state index in [9.17, 15) is 14.4 Å². The van der Waals surface area contributed by atoms with E-state index in [0.717, 1.165) is 0 Å². The third kappa shape index (κ3) is 4.58. The number of aldehydes is 2. The van der Waals surface area contributed by atoms with Crippen molar-refractivity contribution >= 4 is 40.9 Å². The summed E-state index contributed by atoms with van der Waals surface area (Å²) in [6, 6.07) is 11.5. The minimum Gasteiger partial charge on any atom is -0.457 e. The molecule has 8 heteroatoms. The molecule has 0 radical (unpaired) electrons. The van der Waals surface area contributed by atoms with Crippen molar-refractivity contribution in [2.24, 2.45) is 0 Å². The molecule has 0 saturated carbocycles. The Labute approximate surface area is 188 Å². The number of rotatable bonds is 8. The fourth-order valence-corrected chi connectivity index (χ4v) is 3.57. The molecule has 4 rings (SSSR count). The highest BCUT2D eigenvalue weighted by Gasteiger charge is 2.13. The summed E-state index contributed by atoms with van der Waals surface area (Å²) in [7, 11) is 0. The van der Waals surface area contributed by atoms with Gasteiger partial charge in [-0.25, -0.2) is 0 Å². The highest BCUT2D eigenvalue weighted by Crippen LogP contribution is 2.32. The van der Waals surface area contributed by atoms with Gasteiger partial charge in [0.1, 0.15) is 23.0 Å². The quantitative estimate of drug-likeness (QED) is 0.351. The summed E-state index contributed by atoms with van der Waals surface area (Å²) in [6.45, 7) is 1.77. The molecule has 160 valence electrons. The number of pyridine rings is 1. The molecule has 0 fully saturated rings. The number of hydrogen-bond acceptors (Lipinski definition) is 7. The Hall–Kier alpha value is -3.84. The molecule has 0 N–H and O–H groups in total. The lowest BCUT2D eigenvalue weighted by Crippen LogP contribution is -2.07. The number of carbonyl (C=O) groups excluding carboxylic acids is 3. The number of aryl methyl sites for hydroxylation is 1. The van der Waals surface area contributed by atoms with Gasteiger partial charge < -0.3 is 9.26 Å². The van der Waals surface area contributed by atoms with E-state index in [1.54, 1.807) is 49.5 Å². The molecule has 0 bridgehead atoms. The number of Topliss-reactive ketones (excluding diaryl/α,β-unsaturated/α-hetero) is 1. The summed E-state index contributed by atoms with van der Waals surface area (Å²) in [4.78, 5) is 39.1. The molecular formula is C24H17ClN2O5. The Morgan fingerprint density at radius 2 is 1.84 bits per heavy atom. The number of halogens is 1. The third-order valence-electron chi connectivity index (χ3n) is 4.86. The van der Waals surface area contributed by atoms with E-state index in [-0.39, 0.29) is 29.8 Å². The predicted octanol–water partition coefficient (Wildman–Crippen LogP) is 4.96. The minimum atomic E-state index is -0.0404. The van der Waals surface area contributed by atoms with Crippen molar-refractivity contribution in [1.82, 2.24) is 10.1 Å². The van der Waals surface area contributed by atoms with Crippen molar-refractivity contribution in [2.75, 3.05) is 0 Å². The van der Waals surface area contributed by atoms with Crippen LogP contribution in [-0.2, 0) is 17.6 Å². The molecule has 0 unspecified atom stereocenters. The molecule has 2 heterocycles. The van der Waals surface area contributed by atoms with E-state index in [1.165, 1.54) is 6.07 Å². The van der Waals surface area contributed by atoms with E-state index in [2.05, 4.69) is 10.1 Å². The van der Waals surface area contributed by atoms with E-state index < -0.39 is 0 Å². The summed E-state index contributed by atoms with van der Waals surface area (Å²) < 4.78 is 11.0. The van der Waals surface area contributed by atoms with E-state index >= 15 is 0 Å². The number of nitrogens with zero attached hydrogens (tertiary/aromatic N) is 2. The molecule has 0 spiro atoms. The van der Waals surface area contributed by atoms with Crippen molar-refractivity contribution in [2.45, 2.75) is 19.8 Å². The van der Waals surface area contributed by atoms with Crippen LogP contribution in [0.2, 0.25) is 5.02 Å². The fraction of sp³-hybridized carbons (Fsp3) is 0.125. The van der Waals surface area contributed by atoms with E-state index in [1.807, 2.05) is 0 Å². The molecule has 0 aliphatic rings. The van der Waals surface area contributed by atoms with Gasteiger partial charge in [0.2, 0.25) is 0 Å². The molecule has 0 aliphatic heterocycles. The summed E-state index contributed by atoms with van der Waals surface area (Å²) in [5.41, 5.74) is 2.28. The lowest BCUT2D eigenvalue weighted by molar-refractivity contribution is -0.117. The third-order valence-corrected chi connectivity index (χ3v) is 5.21. The van der Waals surface area contributed by atoms with Crippen LogP contribution >= 0.6 is 11.6 Å². The zero-order valence-corrected chi connectivity index (χ0v) is 17.8. The van der Waals surface area contributed by atoms with Crippen molar-refractivity contribution < 1.29 is 23.6 Å². The van der Waals surface area contributed by atoms with Crippen LogP contribution in [0.4, 0.5) is 0 Å². The maximum Gasteiger partial charge on any atom is 0.150 e. The van der Waals surface area contributed by atoms with E-state index in [0.29, 0.717) is 57.0 Å². The lowest BCUT2D eigenvalue weighted by Gasteiger charge is -2.11. The number of benzene rings is 2. The second kappa shape index (κ2) is 9.11. The molecule has 2 aromatic heterocycles. The first-order chi connectivity index (χ1) is 15.5. The van der Waals surface area contributed by atoms with E-state index in [4.69, 9.17) is 20.9 Å². The SMILES string of the molecule is Cc1cc(CC(=O)Cc2ccc(Oc3ccnc4cc(C=O)c(C=O)cc34)cc2Cl)no1. The average Bonchev–Trinajstić information content (AvgIpc) is 3.19. The maximum absolute atomic E-state index is 12.3. The number of carbonyl (C=O) groups is 3. The molecule has 2 aromatic carbocycles. The molecule has 32 heavy (non-hydrogen) atoms. The van der Waals surface area contributed by atoms with Crippen LogP contribution in [-0.4, -0.2) is 28.5 Å². The molecular weight excluding hydrogens is 432 g/mol. The van der Waals surface area contributed by atoms with Crippen LogP contribution in [0.3, 0.4) is 0 Å². The van der Waals surface area contributed by atoms with Crippen LogP contribution < -0.4 is 4.74 Å².